The van der Waals surface area contributed by atoms with Crippen molar-refractivity contribution in [2.24, 2.45) is 0 Å². The highest BCUT2D eigenvalue weighted by atomic mass is 16.5. The Bertz CT molecular complexity index is 1690. The maximum absolute atomic E-state index is 12.9. The van der Waals surface area contributed by atoms with Gasteiger partial charge < -0.3 is 35.5 Å². The molecule has 12 nitrogen and oxygen atoms in total. The molecule has 2 saturated heterocycles. The first-order chi connectivity index (χ1) is 23.8. The van der Waals surface area contributed by atoms with Crippen LogP contribution in [0.5, 0.6) is 0 Å². The molecule has 3 amide bonds. The van der Waals surface area contributed by atoms with Crippen LogP contribution in [-0.2, 0) is 9.53 Å². The Kier molecular flexibility index (Phi) is 12.0. The molecule has 0 radical (unpaired) electrons. The van der Waals surface area contributed by atoms with Gasteiger partial charge in [0, 0.05) is 44.1 Å². The quantitative estimate of drug-likeness (QED) is 0.190. The lowest BCUT2D eigenvalue weighted by Gasteiger charge is -2.34. The van der Waals surface area contributed by atoms with Gasteiger partial charge in [0.25, 0.3) is 5.91 Å². The number of pyridine rings is 1. The molecule has 6 rings (SSSR count). The number of hydrogen-bond acceptors (Lipinski definition) is 8. The molecule has 4 N–H and O–H groups in total. The van der Waals surface area contributed by atoms with Crippen molar-refractivity contribution < 1.29 is 19.1 Å². The first-order valence-corrected chi connectivity index (χ1v) is 16.9. The normalized spacial score (nSPS) is 17.1. The fraction of sp³-hybridized carbons (Fsp3) is 0.378. The molecule has 12 heteroatoms. The van der Waals surface area contributed by atoms with Crippen LogP contribution in [-0.4, -0.2) is 83.6 Å². The standard InChI is InChI=1S/C34H38N8O4.C3H8/c1-22-18-35-15-17-41(22)30-14-11-26(19-36-30)33(44)39-27-12-9-24(10-13-27)23-5-7-25(8-6-23)28-20-37-32(40-28)29-4-3-16-42(29)31(43)21-38-34(45)46-2;1-3-2/h5-14,19-20,22,29,35H,3-4,15-18,21H2,1-2H3,(H,37,40)(H,38,45)(H,39,44);3H2,1-2H3. The molecule has 2 unspecified atom stereocenters. The van der Waals surface area contributed by atoms with Gasteiger partial charge in [-0.05, 0) is 60.7 Å². The van der Waals surface area contributed by atoms with Crippen LogP contribution < -0.4 is 20.9 Å². The average Bonchev–Trinajstić information content (AvgIpc) is 3.82. The number of hydrogen-bond donors (Lipinski definition) is 4. The number of aromatic nitrogens is 3. The lowest BCUT2D eigenvalue weighted by Crippen LogP contribution is -2.50. The van der Waals surface area contributed by atoms with E-state index in [1.165, 1.54) is 13.5 Å². The van der Waals surface area contributed by atoms with Gasteiger partial charge in [0.15, 0.2) is 0 Å². The number of methoxy groups -OCH3 is 1. The number of ether oxygens (including phenoxy) is 1. The van der Waals surface area contributed by atoms with Crippen LogP contribution in [0.15, 0.2) is 73.1 Å². The first-order valence-electron chi connectivity index (χ1n) is 16.9. The molecular formula is C37H46N8O4. The van der Waals surface area contributed by atoms with Crippen molar-refractivity contribution in [1.82, 2.24) is 30.5 Å². The molecule has 49 heavy (non-hydrogen) atoms. The van der Waals surface area contributed by atoms with Crippen molar-refractivity contribution in [1.29, 1.82) is 0 Å². The number of nitrogens with zero attached hydrogens (tertiary/aromatic N) is 4. The number of likely N-dealkylation sites (tertiary alicyclic amines) is 1. The summed E-state index contributed by atoms with van der Waals surface area (Å²) < 4.78 is 4.56. The highest BCUT2D eigenvalue weighted by molar-refractivity contribution is 6.04. The van der Waals surface area contributed by atoms with Crippen molar-refractivity contribution in [2.45, 2.75) is 52.1 Å². The number of anilines is 2. The number of nitrogens with one attached hydrogen (secondary N) is 4. The summed E-state index contributed by atoms with van der Waals surface area (Å²) in [6.45, 7) is 9.63. The molecule has 2 aliphatic heterocycles. The van der Waals surface area contributed by atoms with Crippen LogP contribution in [0, 0.1) is 0 Å². The molecule has 2 aliphatic rings. The predicted molar refractivity (Wildman–Crippen MR) is 191 cm³/mol. The van der Waals surface area contributed by atoms with E-state index >= 15 is 0 Å². The Morgan fingerprint density at radius 1 is 0.918 bits per heavy atom. The molecule has 0 saturated carbocycles. The zero-order valence-electron chi connectivity index (χ0n) is 28.7. The summed E-state index contributed by atoms with van der Waals surface area (Å²) in [7, 11) is 1.26. The third kappa shape index (κ3) is 8.82. The van der Waals surface area contributed by atoms with Crippen LogP contribution in [0.2, 0.25) is 0 Å². The van der Waals surface area contributed by atoms with Crippen molar-refractivity contribution in [3.05, 3.63) is 84.4 Å². The Morgan fingerprint density at radius 2 is 1.61 bits per heavy atom. The number of alkyl carbamates (subject to hydrolysis) is 1. The van der Waals surface area contributed by atoms with E-state index < -0.39 is 6.09 Å². The third-order valence-corrected chi connectivity index (χ3v) is 8.53. The number of aromatic amines is 1. The number of imidazole rings is 1. The molecule has 2 aromatic carbocycles. The van der Waals surface area contributed by atoms with E-state index in [-0.39, 0.29) is 24.4 Å². The van der Waals surface area contributed by atoms with Crippen LogP contribution in [0.4, 0.5) is 16.3 Å². The average molecular weight is 667 g/mol. The summed E-state index contributed by atoms with van der Waals surface area (Å²) in [6.07, 6.45) is 5.69. The van der Waals surface area contributed by atoms with Gasteiger partial charge in [-0.2, -0.15) is 0 Å². The summed E-state index contributed by atoms with van der Waals surface area (Å²) in [4.78, 5) is 53.4. The van der Waals surface area contributed by atoms with E-state index in [1.54, 1.807) is 17.3 Å². The maximum atomic E-state index is 12.9. The van der Waals surface area contributed by atoms with Crippen LogP contribution >= 0.6 is 0 Å². The van der Waals surface area contributed by atoms with Crippen molar-refractivity contribution in [2.75, 3.05) is 50.1 Å². The van der Waals surface area contributed by atoms with Gasteiger partial charge in [0.2, 0.25) is 5.91 Å². The fourth-order valence-corrected chi connectivity index (χ4v) is 5.99. The van der Waals surface area contributed by atoms with E-state index in [1.807, 2.05) is 60.7 Å². The number of carbonyl (C=O) groups excluding carboxylic acids is 3. The van der Waals surface area contributed by atoms with Crippen molar-refractivity contribution >= 4 is 29.4 Å². The molecule has 0 aliphatic carbocycles. The Balaban J connectivity index is 0.00000151. The number of piperazine rings is 1. The van der Waals surface area contributed by atoms with Gasteiger partial charge in [-0.15, -0.1) is 0 Å². The Morgan fingerprint density at radius 3 is 2.27 bits per heavy atom. The van der Waals surface area contributed by atoms with E-state index in [0.29, 0.717) is 23.8 Å². The van der Waals surface area contributed by atoms with Gasteiger partial charge in [0.05, 0.1) is 30.6 Å². The number of H-pyrrole nitrogens is 1. The largest absolute Gasteiger partial charge is 0.453 e. The number of rotatable bonds is 8. The van der Waals surface area contributed by atoms with Gasteiger partial charge in [-0.1, -0.05) is 56.7 Å². The number of benzene rings is 2. The number of amides is 3. The topological polar surface area (TPSA) is 145 Å². The predicted octanol–water partition coefficient (Wildman–Crippen LogP) is 5.62. The zero-order valence-corrected chi connectivity index (χ0v) is 28.7. The highest BCUT2D eigenvalue weighted by Gasteiger charge is 2.32. The van der Waals surface area contributed by atoms with Crippen molar-refractivity contribution in [3.8, 4) is 22.4 Å². The molecule has 4 heterocycles. The Labute approximate surface area is 287 Å². The third-order valence-electron chi connectivity index (χ3n) is 8.53. The van der Waals surface area contributed by atoms with Crippen molar-refractivity contribution in [3.63, 3.8) is 0 Å². The molecule has 0 bridgehead atoms. The highest BCUT2D eigenvalue weighted by Crippen LogP contribution is 2.32. The molecule has 0 spiro atoms. The molecule has 2 atom stereocenters. The monoisotopic (exact) mass is 666 g/mol. The fourth-order valence-electron chi connectivity index (χ4n) is 5.99. The lowest BCUT2D eigenvalue weighted by atomic mass is 10.0. The van der Waals surface area contributed by atoms with E-state index in [0.717, 1.165) is 66.5 Å². The second kappa shape index (κ2) is 16.7. The molecule has 4 aromatic rings. The van der Waals surface area contributed by atoms with Crippen LogP contribution in [0.3, 0.4) is 0 Å². The zero-order chi connectivity index (χ0) is 34.8. The molecule has 258 valence electrons. The second-order valence-electron chi connectivity index (χ2n) is 12.2. The summed E-state index contributed by atoms with van der Waals surface area (Å²) in [5.74, 6) is 1.23. The summed E-state index contributed by atoms with van der Waals surface area (Å²) in [6, 6.07) is 19.8. The lowest BCUT2D eigenvalue weighted by molar-refractivity contribution is -0.131. The van der Waals surface area contributed by atoms with E-state index in [9.17, 15) is 14.4 Å². The minimum absolute atomic E-state index is 0.117. The molecule has 2 fully saturated rings. The van der Waals surface area contributed by atoms with Gasteiger partial charge in [-0.25, -0.2) is 14.8 Å². The molecule has 2 aromatic heterocycles. The second-order valence-corrected chi connectivity index (χ2v) is 12.2. The van der Waals surface area contributed by atoms with Crippen LogP contribution in [0.1, 0.15) is 62.3 Å². The SMILES string of the molecule is CCC.COC(=O)NCC(=O)N1CCCC1c1ncc(-c2ccc(-c3ccc(NC(=O)c4ccc(N5CCNCC5C)nc4)cc3)cc2)[nH]1. The van der Waals surface area contributed by atoms with Gasteiger partial charge in [0.1, 0.15) is 18.2 Å². The summed E-state index contributed by atoms with van der Waals surface area (Å²) in [5.41, 5.74) is 5.10. The minimum Gasteiger partial charge on any atom is -0.453 e. The van der Waals surface area contributed by atoms with Crippen LogP contribution in [0.25, 0.3) is 22.4 Å². The minimum atomic E-state index is -0.633. The Hall–Kier alpha value is -5.23. The summed E-state index contributed by atoms with van der Waals surface area (Å²) >= 11 is 0. The summed E-state index contributed by atoms with van der Waals surface area (Å²) in [5, 5.41) is 8.79. The van der Waals surface area contributed by atoms with Gasteiger partial charge >= 0.3 is 6.09 Å². The van der Waals surface area contributed by atoms with E-state index in [4.69, 9.17) is 0 Å². The maximum Gasteiger partial charge on any atom is 0.407 e. The first kappa shape index (κ1) is 35.1. The van der Waals surface area contributed by atoms with E-state index in [2.05, 4.69) is 61.3 Å². The smallest absolute Gasteiger partial charge is 0.407 e. The molecular weight excluding hydrogens is 620 g/mol. The van der Waals surface area contributed by atoms with Gasteiger partial charge in [-0.3, -0.25) is 9.59 Å². The number of carbonyl (C=O) groups is 3.